The standard InChI is InChI=1S/C19H25ClN4O2S.HI/c1-2-21-19(24-11-15(25)16-5-6-17(20)27-16)23-10-14-7-8-22-18(9-14)26-12-13-3-4-13;/h5-9,13,15,25H,2-4,10-12H2,1H3,(H2,21,23,24);1H. The zero-order chi connectivity index (χ0) is 19.1. The van der Waals surface area contributed by atoms with Gasteiger partial charge in [-0.05, 0) is 49.4 Å². The Morgan fingerprint density at radius 3 is 2.89 bits per heavy atom. The molecule has 1 atom stereocenters. The van der Waals surface area contributed by atoms with E-state index in [0.29, 0.717) is 35.2 Å². The molecule has 0 amide bonds. The minimum atomic E-state index is -0.630. The van der Waals surface area contributed by atoms with E-state index in [1.165, 1.54) is 24.2 Å². The van der Waals surface area contributed by atoms with Gasteiger partial charge in [-0.2, -0.15) is 0 Å². The van der Waals surface area contributed by atoms with E-state index in [2.05, 4.69) is 20.6 Å². The summed E-state index contributed by atoms with van der Waals surface area (Å²) in [5, 5.41) is 16.6. The second kappa shape index (κ2) is 11.8. The first-order chi connectivity index (χ1) is 13.1. The summed E-state index contributed by atoms with van der Waals surface area (Å²) in [7, 11) is 0. The molecule has 9 heteroatoms. The molecule has 1 fully saturated rings. The van der Waals surface area contributed by atoms with Gasteiger partial charge in [-0.3, -0.25) is 0 Å². The summed E-state index contributed by atoms with van der Waals surface area (Å²) in [6.45, 7) is 4.34. The molecule has 1 saturated carbocycles. The Balaban J connectivity index is 0.00000280. The third-order valence-corrected chi connectivity index (χ3v) is 5.44. The molecule has 3 N–H and O–H groups in total. The third-order valence-electron chi connectivity index (χ3n) is 4.11. The number of aliphatic hydroxyl groups excluding tert-OH is 1. The summed E-state index contributed by atoms with van der Waals surface area (Å²) in [6.07, 6.45) is 3.63. The molecule has 0 bridgehead atoms. The molecule has 6 nitrogen and oxygen atoms in total. The van der Waals surface area contributed by atoms with E-state index in [0.717, 1.165) is 23.6 Å². The SMILES string of the molecule is CCNC(=NCc1ccnc(OCC2CC2)c1)NCC(O)c1ccc(Cl)s1.I. The predicted molar refractivity (Wildman–Crippen MR) is 125 cm³/mol. The summed E-state index contributed by atoms with van der Waals surface area (Å²) in [6, 6.07) is 7.48. The van der Waals surface area contributed by atoms with Gasteiger partial charge in [0.25, 0.3) is 0 Å². The number of hydrogen-bond donors (Lipinski definition) is 3. The lowest BCUT2D eigenvalue weighted by atomic mass is 10.2. The number of nitrogens with zero attached hydrogens (tertiary/aromatic N) is 2. The number of hydrogen-bond acceptors (Lipinski definition) is 5. The molecule has 0 aliphatic heterocycles. The topological polar surface area (TPSA) is 78.8 Å². The summed E-state index contributed by atoms with van der Waals surface area (Å²) in [4.78, 5) is 9.66. The van der Waals surface area contributed by atoms with Crippen LogP contribution in [-0.4, -0.2) is 35.7 Å². The minimum Gasteiger partial charge on any atom is -0.477 e. The molecule has 3 rings (SSSR count). The van der Waals surface area contributed by atoms with Gasteiger partial charge in [0, 0.05) is 30.2 Å². The molecule has 28 heavy (non-hydrogen) atoms. The number of aliphatic hydroxyl groups is 1. The Labute approximate surface area is 191 Å². The summed E-state index contributed by atoms with van der Waals surface area (Å²) >= 11 is 7.30. The minimum absolute atomic E-state index is 0. The number of thiophene rings is 1. The fourth-order valence-electron chi connectivity index (χ4n) is 2.43. The number of pyridine rings is 1. The molecule has 2 aromatic heterocycles. The predicted octanol–water partition coefficient (Wildman–Crippen LogP) is 3.99. The van der Waals surface area contributed by atoms with Gasteiger partial charge in [-0.1, -0.05) is 11.6 Å². The molecule has 0 radical (unpaired) electrons. The molecule has 2 heterocycles. The highest BCUT2D eigenvalue weighted by atomic mass is 127. The van der Waals surface area contributed by atoms with E-state index in [4.69, 9.17) is 16.3 Å². The Bertz CT molecular complexity index is 770. The first kappa shape index (κ1) is 23.2. The first-order valence-corrected chi connectivity index (χ1v) is 10.4. The lowest BCUT2D eigenvalue weighted by Gasteiger charge is -2.14. The number of rotatable bonds is 9. The van der Waals surface area contributed by atoms with E-state index < -0.39 is 6.10 Å². The van der Waals surface area contributed by atoms with Crippen LogP contribution in [0.1, 0.15) is 36.3 Å². The molecule has 1 aliphatic carbocycles. The number of guanidine groups is 1. The van der Waals surface area contributed by atoms with Crippen molar-refractivity contribution in [2.45, 2.75) is 32.4 Å². The van der Waals surface area contributed by atoms with Gasteiger partial charge in [-0.25, -0.2) is 9.98 Å². The maximum Gasteiger partial charge on any atom is 0.213 e. The lowest BCUT2D eigenvalue weighted by Crippen LogP contribution is -2.39. The molecule has 1 unspecified atom stereocenters. The maximum absolute atomic E-state index is 10.3. The van der Waals surface area contributed by atoms with Gasteiger partial charge in [0.2, 0.25) is 5.88 Å². The first-order valence-electron chi connectivity index (χ1n) is 9.17. The highest BCUT2D eigenvalue weighted by molar-refractivity contribution is 14.0. The molecule has 0 saturated heterocycles. The van der Waals surface area contributed by atoms with E-state index in [1.807, 2.05) is 25.1 Å². The third kappa shape index (κ3) is 7.73. The molecule has 0 aromatic carbocycles. The van der Waals surface area contributed by atoms with E-state index in [9.17, 15) is 5.11 Å². The summed E-state index contributed by atoms with van der Waals surface area (Å²) in [5.74, 6) is 2.00. The lowest BCUT2D eigenvalue weighted by molar-refractivity contribution is 0.184. The van der Waals surface area contributed by atoms with E-state index in [-0.39, 0.29) is 24.0 Å². The van der Waals surface area contributed by atoms with Crippen LogP contribution in [0.4, 0.5) is 0 Å². The number of aliphatic imine (C=N–C) groups is 1. The second-order valence-corrected chi connectivity index (χ2v) is 8.24. The van der Waals surface area contributed by atoms with Gasteiger partial charge in [-0.15, -0.1) is 35.3 Å². The van der Waals surface area contributed by atoms with Crippen molar-refractivity contribution in [3.63, 3.8) is 0 Å². The average molecular weight is 537 g/mol. The summed E-state index contributed by atoms with van der Waals surface area (Å²) in [5.41, 5.74) is 1.03. The van der Waals surface area contributed by atoms with Crippen LogP contribution in [0.3, 0.4) is 0 Å². The van der Waals surface area contributed by atoms with Crippen molar-refractivity contribution in [1.29, 1.82) is 0 Å². The van der Waals surface area contributed by atoms with Crippen LogP contribution in [0, 0.1) is 5.92 Å². The monoisotopic (exact) mass is 536 g/mol. The van der Waals surface area contributed by atoms with Gasteiger partial charge in [0.1, 0.15) is 6.10 Å². The van der Waals surface area contributed by atoms with Gasteiger partial charge < -0.3 is 20.5 Å². The van der Waals surface area contributed by atoms with Crippen LogP contribution < -0.4 is 15.4 Å². The Morgan fingerprint density at radius 2 is 2.21 bits per heavy atom. The van der Waals surface area contributed by atoms with Gasteiger partial charge in [0.05, 0.1) is 17.5 Å². The van der Waals surface area contributed by atoms with Crippen molar-refractivity contribution in [3.8, 4) is 5.88 Å². The fraction of sp³-hybridized carbons (Fsp3) is 0.474. The highest BCUT2D eigenvalue weighted by Gasteiger charge is 2.22. The average Bonchev–Trinajstić information content (AvgIpc) is 3.41. The Kier molecular flexibility index (Phi) is 9.76. The number of aromatic nitrogens is 1. The van der Waals surface area contributed by atoms with Crippen molar-refractivity contribution < 1.29 is 9.84 Å². The highest BCUT2D eigenvalue weighted by Crippen LogP contribution is 2.29. The van der Waals surface area contributed by atoms with Crippen molar-refractivity contribution in [3.05, 3.63) is 45.2 Å². The normalized spacial score (nSPS) is 14.9. The zero-order valence-electron chi connectivity index (χ0n) is 15.7. The van der Waals surface area contributed by atoms with Crippen LogP contribution in [0.15, 0.2) is 35.5 Å². The van der Waals surface area contributed by atoms with Crippen molar-refractivity contribution in [2.75, 3.05) is 19.7 Å². The quantitative estimate of drug-likeness (QED) is 0.257. The summed E-state index contributed by atoms with van der Waals surface area (Å²) < 4.78 is 6.39. The van der Waals surface area contributed by atoms with Crippen LogP contribution in [0.5, 0.6) is 5.88 Å². The fourth-order valence-corrected chi connectivity index (χ4v) is 3.48. The van der Waals surface area contributed by atoms with Crippen molar-refractivity contribution >= 4 is 52.9 Å². The van der Waals surface area contributed by atoms with Crippen LogP contribution in [0.2, 0.25) is 4.34 Å². The Morgan fingerprint density at radius 1 is 1.39 bits per heavy atom. The van der Waals surface area contributed by atoms with E-state index >= 15 is 0 Å². The molecule has 1 aliphatic rings. The van der Waals surface area contributed by atoms with Gasteiger partial charge >= 0.3 is 0 Å². The van der Waals surface area contributed by atoms with Crippen molar-refractivity contribution in [1.82, 2.24) is 15.6 Å². The molecule has 154 valence electrons. The van der Waals surface area contributed by atoms with E-state index in [1.54, 1.807) is 12.3 Å². The zero-order valence-corrected chi connectivity index (χ0v) is 19.6. The maximum atomic E-state index is 10.3. The molecule has 0 spiro atoms. The Hall–Kier alpha value is -1.10. The number of halogens is 2. The van der Waals surface area contributed by atoms with Crippen molar-refractivity contribution in [2.24, 2.45) is 10.9 Å². The molecular formula is C19H26ClIN4O2S. The van der Waals surface area contributed by atoms with Gasteiger partial charge in [0.15, 0.2) is 5.96 Å². The van der Waals surface area contributed by atoms with Crippen LogP contribution >= 0.6 is 46.9 Å². The second-order valence-electron chi connectivity index (χ2n) is 6.49. The van der Waals surface area contributed by atoms with Crippen LogP contribution in [-0.2, 0) is 6.54 Å². The molecular weight excluding hydrogens is 511 g/mol. The smallest absolute Gasteiger partial charge is 0.213 e. The molecule has 2 aromatic rings. The number of nitrogens with one attached hydrogen (secondary N) is 2. The number of ether oxygens (including phenoxy) is 1. The van der Waals surface area contributed by atoms with Crippen LogP contribution in [0.25, 0.3) is 0 Å². The largest absolute Gasteiger partial charge is 0.477 e.